The largest absolute Gasteiger partial charge is 0.361 e. The number of nitrogens with zero attached hydrogens (tertiary/aromatic N) is 2. The van der Waals surface area contributed by atoms with Gasteiger partial charge in [0.1, 0.15) is 0 Å². The van der Waals surface area contributed by atoms with Gasteiger partial charge in [0, 0.05) is 23.1 Å². The lowest BCUT2D eigenvalue weighted by atomic mass is 9.86. The number of benzene rings is 1. The van der Waals surface area contributed by atoms with Crippen molar-refractivity contribution in [1.82, 2.24) is 9.88 Å². The summed E-state index contributed by atoms with van der Waals surface area (Å²) in [6.45, 7) is 6.79. The summed E-state index contributed by atoms with van der Waals surface area (Å²) >= 11 is 0. The maximum atomic E-state index is 9.42. The number of nitriles is 1. The quantitative estimate of drug-likeness (QED) is 0.909. The molecule has 0 bridgehead atoms. The van der Waals surface area contributed by atoms with Crippen molar-refractivity contribution in [3.63, 3.8) is 0 Å². The van der Waals surface area contributed by atoms with Crippen LogP contribution in [0.2, 0.25) is 0 Å². The number of H-pyrrole nitrogens is 1. The van der Waals surface area contributed by atoms with Gasteiger partial charge in [0.05, 0.1) is 11.6 Å². The third-order valence-corrected chi connectivity index (χ3v) is 4.59. The Morgan fingerprint density at radius 3 is 2.67 bits per heavy atom. The SMILES string of the molecule is CCCN(CCC)[C@@H]1Cc2c[nH]c3ccc(C#N)c(c23)C1. The normalized spacial score (nSPS) is 17.3. The first kappa shape index (κ1) is 14.2. The fraction of sp³-hybridized carbons (Fsp3) is 0.500. The van der Waals surface area contributed by atoms with Crippen LogP contribution in [0.4, 0.5) is 0 Å². The number of rotatable bonds is 5. The zero-order valence-electron chi connectivity index (χ0n) is 12.9. The van der Waals surface area contributed by atoms with Crippen molar-refractivity contribution in [1.29, 1.82) is 5.26 Å². The number of hydrogen-bond donors (Lipinski definition) is 1. The van der Waals surface area contributed by atoms with Crippen LogP contribution < -0.4 is 0 Å². The Morgan fingerprint density at radius 2 is 2.00 bits per heavy atom. The zero-order chi connectivity index (χ0) is 14.8. The highest BCUT2D eigenvalue weighted by Crippen LogP contribution is 2.33. The van der Waals surface area contributed by atoms with Crippen LogP contribution in [0.25, 0.3) is 10.9 Å². The molecule has 1 aliphatic rings. The van der Waals surface area contributed by atoms with Crippen LogP contribution in [0, 0.1) is 11.3 Å². The third-order valence-electron chi connectivity index (χ3n) is 4.59. The topological polar surface area (TPSA) is 42.8 Å². The van der Waals surface area contributed by atoms with E-state index in [0.29, 0.717) is 6.04 Å². The molecule has 1 aromatic carbocycles. The molecule has 0 amide bonds. The molecule has 0 saturated heterocycles. The van der Waals surface area contributed by atoms with E-state index in [1.165, 1.54) is 34.9 Å². The molecule has 0 fully saturated rings. The van der Waals surface area contributed by atoms with Crippen molar-refractivity contribution >= 4 is 10.9 Å². The number of aromatic nitrogens is 1. The molecule has 3 nitrogen and oxygen atoms in total. The summed E-state index contributed by atoms with van der Waals surface area (Å²) in [5.74, 6) is 0. The van der Waals surface area contributed by atoms with Crippen molar-refractivity contribution < 1.29 is 0 Å². The molecule has 1 aromatic heterocycles. The Morgan fingerprint density at radius 1 is 1.24 bits per heavy atom. The van der Waals surface area contributed by atoms with E-state index < -0.39 is 0 Å². The summed E-state index contributed by atoms with van der Waals surface area (Å²) in [5, 5.41) is 10.7. The Hall–Kier alpha value is -1.79. The molecule has 0 saturated carbocycles. The monoisotopic (exact) mass is 281 g/mol. The molecule has 1 aliphatic carbocycles. The van der Waals surface area contributed by atoms with E-state index in [2.05, 4.69) is 36.0 Å². The molecular weight excluding hydrogens is 258 g/mol. The molecule has 21 heavy (non-hydrogen) atoms. The van der Waals surface area contributed by atoms with Crippen molar-refractivity contribution in [2.75, 3.05) is 13.1 Å². The molecule has 0 unspecified atom stereocenters. The van der Waals surface area contributed by atoms with Crippen LogP contribution in [-0.4, -0.2) is 29.0 Å². The maximum absolute atomic E-state index is 9.42. The second-order valence-corrected chi connectivity index (χ2v) is 6.04. The summed E-state index contributed by atoms with van der Waals surface area (Å²) in [6.07, 6.45) is 6.61. The highest BCUT2D eigenvalue weighted by Gasteiger charge is 2.27. The van der Waals surface area contributed by atoms with Gasteiger partial charge in [-0.2, -0.15) is 5.26 Å². The molecule has 3 heteroatoms. The minimum absolute atomic E-state index is 0.533. The number of aromatic amines is 1. The predicted molar refractivity (Wildman–Crippen MR) is 86.4 cm³/mol. The summed E-state index contributed by atoms with van der Waals surface area (Å²) in [7, 11) is 0. The van der Waals surface area contributed by atoms with Gasteiger partial charge in [-0.25, -0.2) is 0 Å². The van der Waals surface area contributed by atoms with Crippen molar-refractivity contribution in [3.8, 4) is 6.07 Å². The summed E-state index contributed by atoms with van der Waals surface area (Å²) in [6, 6.07) is 6.92. The molecule has 1 heterocycles. The average molecular weight is 281 g/mol. The Balaban J connectivity index is 1.99. The summed E-state index contributed by atoms with van der Waals surface area (Å²) < 4.78 is 0. The smallest absolute Gasteiger partial charge is 0.0994 e. The van der Waals surface area contributed by atoms with E-state index in [-0.39, 0.29) is 0 Å². The van der Waals surface area contributed by atoms with Crippen molar-refractivity contribution in [3.05, 3.63) is 35.0 Å². The van der Waals surface area contributed by atoms with Gasteiger partial charge in [-0.1, -0.05) is 13.8 Å². The lowest BCUT2D eigenvalue weighted by molar-refractivity contribution is 0.192. The number of hydrogen-bond acceptors (Lipinski definition) is 2. The van der Waals surface area contributed by atoms with Gasteiger partial charge in [-0.15, -0.1) is 0 Å². The Kier molecular flexibility index (Phi) is 3.98. The van der Waals surface area contributed by atoms with E-state index >= 15 is 0 Å². The molecule has 110 valence electrons. The molecule has 0 spiro atoms. The summed E-state index contributed by atoms with van der Waals surface area (Å²) in [5.41, 5.74) is 4.65. The van der Waals surface area contributed by atoms with Gasteiger partial charge in [0.15, 0.2) is 0 Å². The Labute approximate surface area is 126 Å². The van der Waals surface area contributed by atoms with Crippen LogP contribution in [0.1, 0.15) is 43.4 Å². The second kappa shape index (κ2) is 5.91. The van der Waals surface area contributed by atoms with E-state index in [4.69, 9.17) is 0 Å². The van der Waals surface area contributed by atoms with Gasteiger partial charge in [0.25, 0.3) is 0 Å². The molecule has 3 rings (SSSR count). The molecule has 1 N–H and O–H groups in total. The van der Waals surface area contributed by atoms with E-state index in [0.717, 1.165) is 31.5 Å². The van der Waals surface area contributed by atoms with Crippen LogP contribution in [0.5, 0.6) is 0 Å². The van der Waals surface area contributed by atoms with E-state index in [9.17, 15) is 5.26 Å². The first-order valence-corrected chi connectivity index (χ1v) is 8.04. The zero-order valence-corrected chi connectivity index (χ0v) is 12.9. The molecule has 0 radical (unpaired) electrons. The molecular formula is C18H23N3. The molecule has 0 aliphatic heterocycles. The lowest BCUT2D eigenvalue weighted by Crippen LogP contribution is -2.41. The van der Waals surface area contributed by atoms with Gasteiger partial charge in [-0.3, -0.25) is 4.90 Å². The average Bonchev–Trinajstić information content (AvgIpc) is 2.92. The molecule has 2 aromatic rings. The first-order chi connectivity index (χ1) is 10.3. The fourth-order valence-corrected chi connectivity index (χ4v) is 3.72. The number of nitrogens with one attached hydrogen (secondary N) is 1. The van der Waals surface area contributed by atoms with Gasteiger partial charge < -0.3 is 4.98 Å². The van der Waals surface area contributed by atoms with Gasteiger partial charge in [-0.05, 0) is 62.0 Å². The highest BCUT2D eigenvalue weighted by atomic mass is 15.1. The van der Waals surface area contributed by atoms with Crippen LogP contribution in [-0.2, 0) is 12.8 Å². The van der Waals surface area contributed by atoms with Crippen LogP contribution >= 0.6 is 0 Å². The van der Waals surface area contributed by atoms with E-state index in [1.54, 1.807) is 0 Å². The fourth-order valence-electron chi connectivity index (χ4n) is 3.72. The second-order valence-electron chi connectivity index (χ2n) is 6.04. The predicted octanol–water partition coefficient (Wildman–Crippen LogP) is 3.63. The highest BCUT2D eigenvalue weighted by molar-refractivity contribution is 5.89. The van der Waals surface area contributed by atoms with E-state index in [1.807, 2.05) is 12.1 Å². The maximum Gasteiger partial charge on any atom is 0.0994 e. The van der Waals surface area contributed by atoms with Gasteiger partial charge >= 0.3 is 0 Å². The van der Waals surface area contributed by atoms with Crippen LogP contribution in [0.3, 0.4) is 0 Å². The van der Waals surface area contributed by atoms with Crippen molar-refractivity contribution in [2.24, 2.45) is 0 Å². The molecule has 1 atom stereocenters. The van der Waals surface area contributed by atoms with Crippen molar-refractivity contribution in [2.45, 2.75) is 45.6 Å². The Bertz CT molecular complexity index is 672. The third kappa shape index (κ3) is 2.45. The minimum Gasteiger partial charge on any atom is -0.361 e. The van der Waals surface area contributed by atoms with Gasteiger partial charge in [0.2, 0.25) is 0 Å². The minimum atomic E-state index is 0.533. The first-order valence-electron chi connectivity index (χ1n) is 8.04. The summed E-state index contributed by atoms with van der Waals surface area (Å²) in [4.78, 5) is 5.97. The standard InChI is InChI=1S/C18H23N3/c1-3-7-21(8-4-2)15-9-14-12-20-17-6-5-13(11-19)16(10-15)18(14)17/h5-6,12,15,20H,3-4,7-10H2,1-2H3/t15-/m1/s1. The van der Waals surface area contributed by atoms with Crippen LogP contribution in [0.15, 0.2) is 18.3 Å². The lowest BCUT2D eigenvalue weighted by Gasteiger charge is -2.34.